The lowest BCUT2D eigenvalue weighted by molar-refractivity contribution is -0.137. The van der Waals surface area contributed by atoms with Crippen molar-refractivity contribution in [3.8, 4) is 0 Å². The highest BCUT2D eigenvalue weighted by molar-refractivity contribution is 5.95. The fraction of sp³-hybridized carbons (Fsp3) is 0.500. The molecule has 4 heteroatoms. The van der Waals surface area contributed by atoms with Gasteiger partial charge < -0.3 is 10.5 Å². The average Bonchev–Trinajstić information content (AvgIpc) is 2.05. The van der Waals surface area contributed by atoms with Crippen molar-refractivity contribution in [3.05, 3.63) is 12.2 Å². The Morgan fingerprint density at radius 2 is 2.58 bits per heavy atom. The molecular weight excluding hydrogens is 156 g/mol. The van der Waals surface area contributed by atoms with Gasteiger partial charge in [-0.2, -0.15) is 5.10 Å². The maximum Gasteiger partial charge on any atom is 0.303 e. The topological polar surface area (TPSA) is 61.7 Å². The molecule has 4 nitrogen and oxygen atoms in total. The predicted molar refractivity (Wildman–Crippen MR) is 46.1 cm³/mol. The number of carbonyl (C=O) groups is 1. The van der Waals surface area contributed by atoms with Crippen molar-refractivity contribution in [2.24, 2.45) is 5.10 Å². The summed E-state index contributed by atoms with van der Waals surface area (Å²) >= 11 is 0. The zero-order valence-corrected chi connectivity index (χ0v) is 6.79. The fourth-order valence-electron chi connectivity index (χ4n) is 0.992. The van der Waals surface area contributed by atoms with Crippen LogP contribution in [0.4, 0.5) is 0 Å². The molecule has 0 saturated carbocycles. The summed E-state index contributed by atoms with van der Waals surface area (Å²) < 4.78 is 0. The molecule has 0 fully saturated rings. The molecule has 0 aromatic rings. The van der Waals surface area contributed by atoms with Crippen LogP contribution in [0.2, 0.25) is 0 Å². The number of carboxylic acids is 1. The van der Waals surface area contributed by atoms with Gasteiger partial charge in [-0.15, -0.1) is 0 Å². The third-order valence-electron chi connectivity index (χ3n) is 1.57. The van der Waals surface area contributed by atoms with Crippen molar-refractivity contribution >= 4 is 11.7 Å². The second-order valence-electron chi connectivity index (χ2n) is 2.62. The molecular formula is C8H12N2O2. The number of aliphatic carboxylic acids is 1. The molecule has 1 rings (SSSR count). The molecule has 0 spiro atoms. The number of hydrogen-bond acceptors (Lipinski definition) is 3. The zero-order valence-electron chi connectivity index (χ0n) is 6.79. The minimum atomic E-state index is -0.747. The molecule has 0 aliphatic carbocycles. The number of allylic oxidation sites excluding steroid dienone is 1. The minimum absolute atomic E-state index is 0.215. The maximum atomic E-state index is 10.2. The first-order valence-electron chi connectivity index (χ1n) is 3.97. The smallest absolute Gasteiger partial charge is 0.303 e. The molecule has 1 aliphatic heterocycles. The summed E-state index contributed by atoms with van der Waals surface area (Å²) in [6, 6.07) is 0. The van der Waals surface area contributed by atoms with E-state index in [1.165, 1.54) is 0 Å². The van der Waals surface area contributed by atoms with Gasteiger partial charge in [0.05, 0.1) is 12.3 Å². The summed E-state index contributed by atoms with van der Waals surface area (Å²) in [5, 5.41) is 12.4. The van der Waals surface area contributed by atoms with Gasteiger partial charge in [-0.25, -0.2) is 0 Å². The van der Waals surface area contributed by atoms with Crippen LogP contribution >= 0.6 is 0 Å². The van der Waals surface area contributed by atoms with Gasteiger partial charge in [0.1, 0.15) is 0 Å². The molecule has 0 aromatic heterocycles. The van der Waals surface area contributed by atoms with Crippen LogP contribution in [-0.2, 0) is 4.79 Å². The van der Waals surface area contributed by atoms with Crippen LogP contribution in [0.3, 0.4) is 0 Å². The lowest BCUT2D eigenvalue weighted by atomic mass is 10.1. The number of hydrazone groups is 1. The molecule has 2 N–H and O–H groups in total. The molecule has 12 heavy (non-hydrogen) atoms. The van der Waals surface area contributed by atoms with Crippen LogP contribution in [0, 0.1) is 0 Å². The Labute approximate surface area is 71.0 Å². The number of hydrogen-bond donors (Lipinski definition) is 2. The summed E-state index contributed by atoms with van der Waals surface area (Å²) in [4.78, 5) is 10.2. The highest BCUT2D eigenvalue weighted by atomic mass is 16.4. The normalized spacial score (nSPS) is 15.2. The average molecular weight is 168 g/mol. The zero-order chi connectivity index (χ0) is 8.81. The van der Waals surface area contributed by atoms with Crippen molar-refractivity contribution in [2.45, 2.75) is 19.3 Å². The molecule has 1 aliphatic rings. The first-order chi connectivity index (χ1) is 5.79. The van der Waals surface area contributed by atoms with E-state index in [1.807, 2.05) is 12.2 Å². The van der Waals surface area contributed by atoms with Crippen LogP contribution in [0.5, 0.6) is 0 Å². The lowest BCUT2D eigenvalue weighted by Gasteiger charge is -2.05. The van der Waals surface area contributed by atoms with Crippen LogP contribution in [0.25, 0.3) is 0 Å². The van der Waals surface area contributed by atoms with Crippen molar-refractivity contribution in [2.75, 3.05) is 6.54 Å². The van der Waals surface area contributed by atoms with Gasteiger partial charge in [-0.05, 0) is 18.9 Å². The summed E-state index contributed by atoms with van der Waals surface area (Å²) in [5.74, 6) is -0.747. The SMILES string of the molecule is O=C(O)CCCC1=NNCC=C1. The molecule has 0 amide bonds. The summed E-state index contributed by atoms with van der Waals surface area (Å²) in [5.41, 5.74) is 3.76. The van der Waals surface area contributed by atoms with E-state index in [0.29, 0.717) is 6.42 Å². The van der Waals surface area contributed by atoms with E-state index in [-0.39, 0.29) is 6.42 Å². The number of nitrogens with zero attached hydrogens (tertiary/aromatic N) is 1. The number of carboxylic acid groups (broad SMARTS) is 1. The number of nitrogens with one attached hydrogen (secondary N) is 1. The van der Waals surface area contributed by atoms with Crippen molar-refractivity contribution in [1.29, 1.82) is 0 Å². The molecule has 0 saturated heterocycles. The first kappa shape index (κ1) is 8.77. The summed E-state index contributed by atoms with van der Waals surface area (Å²) in [7, 11) is 0. The van der Waals surface area contributed by atoms with Gasteiger partial charge >= 0.3 is 5.97 Å². The molecule has 0 atom stereocenters. The van der Waals surface area contributed by atoms with E-state index in [2.05, 4.69) is 10.5 Å². The summed E-state index contributed by atoms with van der Waals surface area (Å²) in [6.07, 6.45) is 5.50. The van der Waals surface area contributed by atoms with Gasteiger partial charge in [0.2, 0.25) is 0 Å². The second-order valence-corrected chi connectivity index (χ2v) is 2.62. The third kappa shape index (κ3) is 3.18. The maximum absolute atomic E-state index is 10.2. The lowest BCUT2D eigenvalue weighted by Crippen LogP contribution is -2.14. The quantitative estimate of drug-likeness (QED) is 0.651. The minimum Gasteiger partial charge on any atom is -0.481 e. The van der Waals surface area contributed by atoms with E-state index >= 15 is 0 Å². The summed E-state index contributed by atoms with van der Waals surface area (Å²) in [6.45, 7) is 0.766. The van der Waals surface area contributed by atoms with Crippen LogP contribution in [0.15, 0.2) is 17.3 Å². The van der Waals surface area contributed by atoms with Crippen LogP contribution in [-0.4, -0.2) is 23.3 Å². The Hall–Kier alpha value is -1.32. The molecule has 66 valence electrons. The largest absolute Gasteiger partial charge is 0.481 e. The Kier molecular flexibility index (Phi) is 3.32. The second kappa shape index (κ2) is 4.54. The molecule has 0 radical (unpaired) electrons. The Balaban J connectivity index is 2.18. The van der Waals surface area contributed by atoms with E-state index < -0.39 is 5.97 Å². The van der Waals surface area contributed by atoms with Gasteiger partial charge in [0.25, 0.3) is 0 Å². The number of rotatable bonds is 4. The Morgan fingerprint density at radius 3 is 3.17 bits per heavy atom. The highest BCUT2D eigenvalue weighted by Crippen LogP contribution is 2.00. The van der Waals surface area contributed by atoms with Crippen molar-refractivity contribution in [1.82, 2.24) is 5.43 Å². The van der Waals surface area contributed by atoms with Crippen molar-refractivity contribution < 1.29 is 9.90 Å². The highest BCUT2D eigenvalue weighted by Gasteiger charge is 2.01. The van der Waals surface area contributed by atoms with E-state index in [0.717, 1.165) is 18.7 Å². The molecule has 1 heterocycles. The van der Waals surface area contributed by atoms with Crippen molar-refractivity contribution in [3.63, 3.8) is 0 Å². The van der Waals surface area contributed by atoms with Gasteiger partial charge in [0.15, 0.2) is 0 Å². The van der Waals surface area contributed by atoms with Gasteiger partial charge in [-0.1, -0.05) is 6.08 Å². The third-order valence-corrected chi connectivity index (χ3v) is 1.57. The molecule has 0 aromatic carbocycles. The Bertz CT molecular complexity index is 221. The Morgan fingerprint density at radius 1 is 1.75 bits per heavy atom. The predicted octanol–water partition coefficient (Wildman–Crippen LogP) is 0.757. The monoisotopic (exact) mass is 168 g/mol. The van der Waals surface area contributed by atoms with E-state index in [9.17, 15) is 4.79 Å². The van der Waals surface area contributed by atoms with Crippen LogP contribution < -0.4 is 5.43 Å². The molecule has 0 unspecified atom stereocenters. The van der Waals surface area contributed by atoms with Gasteiger partial charge in [0, 0.05) is 6.42 Å². The standard InChI is InChI=1S/C8H12N2O2/c11-8(12)5-1-3-7-4-2-6-9-10-7/h2,4,9H,1,3,5-6H2,(H,11,12). The van der Waals surface area contributed by atoms with E-state index in [1.54, 1.807) is 0 Å². The van der Waals surface area contributed by atoms with Gasteiger partial charge in [-0.3, -0.25) is 4.79 Å². The molecule has 0 bridgehead atoms. The van der Waals surface area contributed by atoms with Crippen LogP contribution in [0.1, 0.15) is 19.3 Å². The first-order valence-corrected chi connectivity index (χ1v) is 3.97. The fourth-order valence-corrected chi connectivity index (χ4v) is 0.992. The van der Waals surface area contributed by atoms with E-state index in [4.69, 9.17) is 5.11 Å².